The highest BCUT2D eigenvalue weighted by Gasteiger charge is 2.29. The van der Waals surface area contributed by atoms with Crippen LogP contribution in [-0.2, 0) is 13.6 Å². The molecule has 0 bridgehead atoms. The van der Waals surface area contributed by atoms with E-state index < -0.39 is 0 Å². The molecule has 0 radical (unpaired) electrons. The van der Waals surface area contributed by atoms with Crippen molar-refractivity contribution in [1.82, 2.24) is 25.0 Å². The number of halogens is 1. The van der Waals surface area contributed by atoms with Crippen LogP contribution in [0.2, 0.25) is 0 Å². The van der Waals surface area contributed by atoms with Gasteiger partial charge in [0.2, 0.25) is 0 Å². The van der Waals surface area contributed by atoms with Crippen LogP contribution >= 0.6 is 35.7 Å². The quantitative estimate of drug-likeness (QED) is 0.239. The van der Waals surface area contributed by atoms with Gasteiger partial charge in [-0.05, 0) is 43.6 Å². The molecule has 1 aromatic heterocycles. The number of nitrogens with zero attached hydrogens (tertiary/aromatic N) is 5. The summed E-state index contributed by atoms with van der Waals surface area (Å²) in [6.45, 7) is 10.4. The molecule has 6 nitrogen and oxygen atoms in total. The fourth-order valence-corrected chi connectivity index (χ4v) is 4.17. The van der Waals surface area contributed by atoms with Crippen molar-refractivity contribution in [3.8, 4) is 0 Å². The van der Waals surface area contributed by atoms with E-state index in [2.05, 4.69) is 40.5 Å². The van der Waals surface area contributed by atoms with E-state index >= 15 is 0 Å². The van der Waals surface area contributed by atoms with Crippen molar-refractivity contribution in [2.24, 2.45) is 23.9 Å². The molecule has 1 aliphatic rings. The molecular weight excluding hydrogens is 471 g/mol. The van der Waals surface area contributed by atoms with Crippen LogP contribution < -0.4 is 5.32 Å². The second kappa shape index (κ2) is 12.9. The molecule has 2 heterocycles. The van der Waals surface area contributed by atoms with Gasteiger partial charge in [0, 0.05) is 26.7 Å². The number of hydrogen-bond acceptors (Lipinski definition) is 4. The van der Waals surface area contributed by atoms with Crippen LogP contribution in [0.25, 0.3) is 0 Å². The van der Waals surface area contributed by atoms with Crippen LogP contribution in [0, 0.1) is 18.8 Å². The Balaban J connectivity index is 0.00000364. The third kappa shape index (κ3) is 7.11. The smallest absolute Gasteiger partial charge is 0.194 e. The minimum Gasteiger partial charge on any atom is -0.356 e. The molecule has 1 aromatic rings. The summed E-state index contributed by atoms with van der Waals surface area (Å²) >= 11 is 1.90. The highest BCUT2D eigenvalue weighted by atomic mass is 127. The van der Waals surface area contributed by atoms with E-state index in [1.165, 1.54) is 25.0 Å². The maximum Gasteiger partial charge on any atom is 0.194 e. The van der Waals surface area contributed by atoms with E-state index in [4.69, 9.17) is 4.99 Å². The minimum absolute atomic E-state index is 0. The number of nitrogens with one attached hydrogen (secondary N) is 1. The van der Waals surface area contributed by atoms with Gasteiger partial charge < -0.3 is 14.8 Å². The Morgan fingerprint density at radius 3 is 2.67 bits per heavy atom. The third-order valence-electron chi connectivity index (χ3n) is 5.60. The maximum absolute atomic E-state index is 4.89. The van der Waals surface area contributed by atoms with Gasteiger partial charge >= 0.3 is 0 Å². The van der Waals surface area contributed by atoms with E-state index in [0.29, 0.717) is 6.54 Å². The minimum atomic E-state index is 0. The number of rotatable bonds is 9. The topological polar surface area (TPSA) is 58.3 Å². The van der Waals surface area contributed by atoms with Crippen LogP contribution in [0.4, 0.5) is 0 Å². The van der Waals surface area contributed by atoms with E-state index in [1.807, 2.05) is 30.3 Å². The summed E-state index contributed by atoms with van der Waals surface area (Å²) in [6, 6.07) is 0. The molecule has 0 saturated carbocycles. The van der Waals surface area contributed by atoms with Crippen molar-refractivity contribution < 1.29 is 0 Å². The molecule has 1 fully saturated rings. The molecule has 1 saturated heterocycles. The lowest BCUT2D eigenvalue weighted by molar-refractivity contribution is 0.319. The van der Waals surface area contributed by atoms with Crippen LogP contribution in [-0.4, -0.2) is 57.3 Å². The van der Waals surface area contributed by atoms with Crippen molar-refractivity contribution in [3.63, 3.8) is 0 Å². The molecule has 0 spiro atoms. The second-order valence-electron chi connectivity index (χ2n) is 7.21. The molecule has 1 aliphatic heterocycles. The first-order valence-corrected chi connectivity index (χ1v) is 11.4. The Morgan fingerprint density at radius 2 is 2.07 bits per heavy atom. The standard InChI is InChI=1S/C19H36N6S.HI/c1-6-16(7-2)17-9-11-25(14-17)19(20-10-8-12-26-5)21-13-18-23-22-15(3)24(18)4;/h16-17H,6-14H2,1-5H3,(H,20,21);1H. The summed E-state index contributed by atoms with van der Waals surface area (Å²) in [5, 5.41) is 12.0. The van der Waals surface area contributed by atoms with Gasteiger partial charge in [-0.2, -0.15) is 11.8 Å². The molecule has 1 unspecified atom stereocenters. The Labute approximate surface area is 186 Å². The second-order valence-corrected chi connectivity index (χ2v) is 8.19. The molecule has 27 heavy (non-hydrogen) atoms. The van der Waals surface area contributed by atoms with Gasteiger partial charge in [-0.3, -0.25) is 0 Å². The SMILES string of the molecule is CCC(CC)C1CCN(C(=NCc2nnc(C)n2C)NCCCSC)C1.I. The Kier molecular flexibility index (Phi) is 11.7. The summed E-state index contributed by atoms with van der Waals surface area (Å²) < 4.78 is 2.02. The molecular formula is C19H37IN6S. The predicted octanol–water partition coefficient (Wildman–Crippen LogP) is 3.70. The molecule has 8 heteroatoms. The lowest BCUT2D eigenvalue weighted by atomic mass is 9.87. The van der Waals surface area contributed by atoms with E-state index in [1.54, 1.807) is 0 Å². The summed E-state index contributed by atoms with van der Waals surface area (Å²) in [5.74, 6) is 5.69. The number of hydrogen-bond donors (Lipinski definition) is 1. The highest BCUT2D eigenvalue weighted by molar-refractivity contribution is 14.0. The zero-order valence-corrected chi connectivity index (χ0v) is 20.7. The number of thioether (sulfide) groups is 1. The van der Waals surface area contributed by atoms with Gasteiger partial charge in [-0.1, -0.05) is 26.7 Å². The first kappa shape index (κ1) is 24.5. The molecule has 1 N–H and O–H groups in total. The number of aromatic nitrogens is 3. The normalized spacial score (nSPS) is 17.5. The summed E-state index contributed by atoms with van der Waals surface area (Å²) in [7, 11) is 2.00. The predicted molar refractivity (Wildman–Crippen MR) is 127 cm³/mol. The number of aliphatic imine (C=N–C) groups is 1. The summed E-state index contributed by atoms with van der Waals surface area (Å²) in [4.78, 5) is 7.34. The van der Waals surface area contributed by atoms with Gasteiger partial charge in [0.25, 0.3) is 0 Å². The average Bonchev–Trinajstić information content (AvgIpc) is 3.24. The van der Waals surface area contributed by atoms with Gasteiger partial charge in [-0.15, -0.1) is 34.2 Å². The molecule has 0 aliphatic carbocycles. The van der Waals surface area contributed by atoms with E-state index in [0.717, 1.165) is 55.5 Å². The maximum atomic E-state index is 4.89. The lowest BCUT2D eigenvalue weighted by Crippen LogP contribution is -2.41. The van der Waals surface area contributed by atoms with Crippen LogP contribution in [0.15, 0.2) is 4.99 Å². The first-order valence-electron chi connectivity index (χ1n) is 9.97. The van der Waals surface area contributed by atoms with Gasteiger partial charge in [-0.25, -0.2) is 4.99 Å². The van der Waals surface area contributed by atoms with Crippen molar-refractivity contribution in [2.45, 2.75) is 53.0 Å². The van der Waals surface area contributed by atoms with Crippen molar-refractivity contribution in [3.05, 3.63) is 11.6 Å². The molecule has 156 valence electrons. The summed E-state index contributed by atoms with van der Waals surface area (Å²) in [6.07, 6.45) is 7.15. The average molecular weight is 509 g/mol. The monoisotopic (exact) mass is 508 g/mol. The van der Waals surface area contributed by atoms with Gasteiger partial charge in [0.05, 0.1) is 0 Å². The van der Waals surface area contributed by atoms with E-state index in [9.17, 15) is 0 Å². The van der Waals surface area contributed by atoms with Crippen LogP contribution in [0.3, 0.4) is 0 Å². The lowest BCUT2D eigenvalue weighted by Gasteiger charge is -2.24. The van der Waals surface area contributed by atoms with Crippen molar-refractivity contribution in [2.75, 3.05) is 31.6 Å². The van der Waals surface area contributed by atoms with Crippen molar-refractivity contribution >= 4 is 41.7 Å². The Morgan fingerprint density at radius 1 is 1.33 bits per heavy atom. The van der Waals surface area contributed by atoms with Crippen molar-refractivity contribution in [1.29, 1.82) is 0 Å². The number of likely N-dealkylation sites (tertiary alicyclic amines) is 1. The Hall–Kier alpha value is -0.510. The van der Waals surface area contributed by atoms with Crippen LogP contribution in [0.1, 0.15) is 51.2 Å². The number of aryl methyl sites for hydroxylation is 1. The zero-order chi connectivity index (χ0) is 18.9. The fourth-order valence-electron chi connectivity index (χ4n) is 3.74. The zero-order valence-electron chi connectivity index (χ0n) is 17.6. The van der Waals surface area contributed by atoms with Gasteiger partial charge in [0.15, 0.2) is 11.8 Å². The molecule has 2 rings (SSSR count). The molecule has 0 amide bonds. The third-order valence-corrected chi connectivity index (χ3v) is 6.30. The summed E-state index contributed by atoms with van der Waals surface area (Å²) in [5.41, 5.74) is 0. The van der Waals surface area contributed by atoms with E-state index in [-0.39, 0.29) is 24.0 Å². The van der Waals surface area contributed by atoms with Crippen LogP contribution in [0.5, 0.6) is 0 Å². The fraction of sp³-hybridized carbons (Fsp3) is 0.842. The largest absolute Gasteiger partial charge is 0.356 e. The molecule has 1 atom stereocenters. The Bertz CT molecular complexity index is 573. The highest BCUT2D eigenvalue weighted by Crippen LogP contribution is 2.28. The van der Waals surface area contributed by atoms with Gasteiger partial charge in [0.1, 0.15) is 12.4 Å². The first-order chi connectivity index (χ1) is 12.6. The molecule has 0 aromatic carbocycles. The number of guanidine groups is 1.